The zero-order valence-electron chi connectivity index (χ0n) is 13.7. The summed E-state index contributed by atoms with van der Waals surface area (Å²) in [5, 5.41) is 10.3. The summed E-state index contributed by atoms with van der Waals surface area (Å²) in [6.07, 6.45) is 1.35. The molecule has 3 rings (SSSR count). The Hall–Kier alpha value is -2.30. The highest BCUT2D eigenvalue weighted by Gasteiger charge is 2.33. The number of carboxylic acids is 1. The van der Waals surface area contributed by atoms with Crippen LogP contribution in [-0.2, 0) is 4.79 Å². The number of piperidine rings is 1. The highest BCUT2D eigenvalue weighted by atomic mass is 16.4. The fourth-order valence-corrected chi connectivity index (χ4v) is 3.46. The molecule has 0 radical (unpaired) electrons. The minimum Gasteiger partial charge on any atom is -0.481 e. The predicted molar refractivity (Wildman–Crippen MR) is 88.6 cm³/mol. The van der Waals surface area contributed by atoms with Crippen LogP contribution in [0.3, 0.4) is 0 Å². The average molecular weight is 314 g/mol. The topological polar surface area (TPSA) is 73.4 Å². The molecule has 2 N–H and O–H groups in total. The molecule has 1 saturated heterocycles. The van der Waals surface area contributed by atoms with E-state index in [9.17, 15) is 14.7 Å². The Morgan fingerprint density at radius 3 is 2.65 bits per heavy atom. The van der Waals surface area contributed by atoms with Gasteiger partial charge in [0.15, 0.2) is 0 Å². The minimum absolute atomic E-state index is 0.0624. The van der Waals surface area contributed by atoms with Gasteiger partial charge >= 0.3 is 5.97 Å². The van der Waals surface area contributed by atoms with Crippen LogP contribution >= 0.6 is 0 Å². The molecule has 0 bridgehead atoms. The van der Waals surface area contributed by atoms with Crippen molar-refractivity contribution < 1.29 is 14.7 Å². The van der Waals surface area contributed by atoms with Gasteiger partial charge in [-0.1, -0.05) is 6.07 Å². The molecule has 1 aliphatic rings. The lowest BCUT2D eigenvalue weighted by atomic mass is 9.93. The van der Waals surface area contributed by atoms with E-state index in [4.69, 9.17) is 0 Å². The normalized spacial score (nSPS) is 21.6. The molecule has 2 unspecified atom stereocenters. The molecule has 1 aliphatic heterocycles. The number of aliphatic carboxylic acids is 1. The van der Waals surface area contributed by atoms with Crippen molar-refractivity contribution in [3.8, 4) is 0 Å². The van der Waals surface area contributed by atoms with E-state index in [2.05, 4.69) is 11.1 Å². The molecule has 1 fully saturated rings. The van der Waals surface area contributed by atoms with Crippen LogP contribution in [0.4, 0.5) is 0 Å². The molecule has 1 aromatic heterocycles. The van der Waals surface area contributed by atoms with E-state index in [0.717, 1.165) is 28.5 Å². The number of fused-ring (bicyclic) bond motifs is 1. The van der Waals surface area contributed by atoms with E-state index in [1.54, 1.807) is 4.90 Å². The lowest BCUT2D eigenvalue weighted by Crippen LogP contribution is -2.47. The number of aryl methyl sites for hydroxylation is 2. The first-order valence-corrected chi connectivity index (χ1v) is 8.00. The summed E-state index contributed by atoms with van der Waals surface area (Å²) in [6.45, 7) is 6.32. The highest BCUT2D eigenvalue weighted by Crippen LogP contribution is 2.26. The van der Waals surface area contributed by atoms with Crippen molar-refractivity contribution in [2.24, 2.45) is 5.92 Å². The molecule has 122 valence electrons. The van der Waals surface area contributed by atoms with Crippen molar-refractivity contribution in [2.75, 3.05) is 6.54 Å². The number of rotatable bonds is 2. The Bertz CT molecular complexity index is 778. The van der Waals surface area contributed by atoms with Crippen LogP contribution in [0.15, 0.2) is 18.2 Å². The van der Waals surface area contributed by atoms with E-state index in [1.165, 1.54) is 0 Å². The van der Waals surface area contributed by atoms with Crippen LogP contribution < -0.4 is 0 Å². The molecule has 1 aromatic carbocycles. The highest BCUT2D eigenvalue weighted by molar-refractivity contribution is 5.99. The Balaban J connectivity index is 1.93. The van der Waals surface area contributed by atoms with Crippen molar-refractivity contribution in [1.82, 2.24) is 9.88 Å². The van der Waals surface area contributed by atoms with Gasteiger partial charge in [-0.15, -0.1) is 0 Å². The molecular weight excluding hydrogens is 292 g/mol. The lowest BCUT2D eigenvalue weighted by Gasteiger charge is -2.36. The fraction of sp³-hybridized carbons (Fsp3) is 0.444. The van der Waals surface area contributed by atoms with E-state index in [-0.39, 0.29) is 18.5 Å². The smallest absolute Gasteiger partial charge is 0.308 e. The Morgan fingerprint density at radius 1 is 1.22 bits per heavy atom. The SMILES string of the molecule is Cc1cc(C)c2cc(C(=O)N3CC(C(=O)O)CCC3C)[nH]c2c1. The maximum atomic E-state index is 12.8. The molecule has 0 saturated carbocycles. The number of likely N-dealkylation sites (tertiary alicyclic amines) is 1. The Labute approximate surface area is 135 Å². The first-order valence-electron chi connectivity index (χ1n) is 8.00. The third kappa shape index (κ3) is 2.83. The maximum Gasteiger partial charge on any atom is 0.308 e. The standard InChI is InChI=1S/C18H22N2O3/c1-10-6-11(2)14-8-16(19-15(14)7-10)17(21)20-9-13(18(22)23)5-4-12(20)3/h6-8,12-13,19H,4-5,9H2,1-3H3,(H,22,23). The number of nitrogens with zero attached hydrogens (tertiary/aromatic N) is 1. The molecule has 2 atom stereocenters. The van der Waals surface area contributed by atoms with Gasteiger partial charge in [-0.2, -0.15) is 0 Å². The first kappa shape index (κ1) is 15.6. The predicted octanol–water partition coefficient (Wildman–Crippen LogP) is 3.11. The lowest BCUT2D eigenvalue weighted by molar-refractivity contribution is -0.143. The number of carbonyl (C=O) groups is 2. The summed E-state index contributed by atoms with van der Waals surface area (Å²) in [5.74, 6) is -1.40. The van der Waals surface area contributed by atoms with Gasteiger partial charge in [-0.25, -0.2) is 0 Å². The summed E-state index contributed by atoms with van der Waals surface area (Å²) in [6, 6.07) is 6.06. The number of carbonyl (C=O) groups excluding carboxylic acids is 1. The molecule has 5 nitrogen and oxygen atoms in total. The zero-order chi connectivity index (χ0) is 16.7. The molecule has 1 amide bonds. The van der Waals surface area contributed by atoms with E-state index >= 15 is 0 Å². The molecule has 0 spiro atoms. The Morgan fingerprint density at radius 2 is 1.96 bits per heavy atom. The monoisotopic (exact) mass is 314 g/mol. The Kier molecular flexibility index (Phi) is 3.88. The van der Waals surface area contributed by atoms with Crippen molar-refractivity contribution in [2.45, 2.75) is 39.7 Å². The number of aromatic nitrogens is 1. The number of carboxylic acid groups (broad SMARTS) is 1. The summed E-state index contributed by atoms with van der Waals surface area (Å²) >= 11 is 0. The largest absolute Gasteiger partial charge is 0.481 e. The second kappa shape index (κ2) is 5.72. The molecule has 0 aliphatic carbocycles. The molecule has 2 aromatic rings. The molecular formula is C18H22N2O3. The average Bonchev–Trinajstić information content (AvgIpc) is 2.91. The van der Waals surface area contributed by atoms with Crippen molar-refractivity contribution in [3.05, 3.63) is 35.0 Å². The van der Waals surface area contributed by atoms with Crippen LogP contribution in [0.2, 0.25) is 0 Å². The summed E-state index contributed by atoms with van der Waals surface area (Å²) in [4.78, 5) is 29.0. The number of aromatic amines is 1. The number of nitrogens with one attached hydrogen (secondary N) is 1. The van der Waals surface area contributed by atoms with E-state index in [1.807, 2.05) is 32.9 Å². The number of amides is 1. The van der Waals surface area contributed by atoms with Gasteiger partial charge in [0.25, 0.3) is 5.91 Å². The summed E-state index contributed by atoms with van der Waals surface area (Å²) in [7, 11) is 0. The van der Waals surface area contributed by atoms with Gasteiger partial charge in [-0.3, -0.25) is 9.59 Å². The van der Waals surface area contributed by atoms with Crippen molar-refractivity contribution in [1.29, 1.82) is 0 Å². The number of hydrogen-bond acceptors (Lipinski definition) is 2. The number of H-pyrrole nitrogens is 1. The minimum atomic E-state index is -0.821. The first-order chi connectivity index (χ1) is 10.9. The number of hydrogen-bond donors (Lipinski definition) is 2. The fourth-order valence-electron chi connectivity index (χ4n) is 3.46. The van der Waals surface area contributed by atoms with Gasteiger partial charge < -0.3 is 15.0 Å². The van der Waals surface area contributed by atoms with Crippen LogP contribution in [0.1, 0.15) is 41.4 Å². The van der Waals surface area contributed by atoms with Gasteiger partial charge in [-0.05, 0) is 56.9 Å². The third-order valence-electron chi connectivity index (χ3n) is 4.81. The molecule has 23 heavy (non-hydrogen) atoms. The maximum absolute atomic E-state index is 12.8. The van der Waals surface area contributed by atoms with Gasteiger partial charge in [0.1, 0.15) is 5.69 Å². The van der Waals surface area contributed by atoms with Gasteiger partial charge in [0.2, 0.25) is 0 Å². The van der Waals surface area contributed by atoms with Crippen LogP contribution in [0.25, 0.3) is 10.9 Å². The summed E-state index contributed by atoms with van der Waals surface area (Å²) in [5.41, 5.74) is 3.76. The van der Waals surface area contributed by atoms with Crippen LogP contribution in [-0.4, -0.2) is 39.5 Å². The quantitative estimate of drug-likeness (QED) is 0.894. The van der Waals surface area contributed by atoms with Gasteiger partial charge in [0, 0.05) is 23.5 Å². The van der Waals surface area contributed by atoms with E-state index < -0.39 is 11.9 Å². The van der Waals surface area contributed by atoms with Crippen LogP contribution in [0, 0.1) is 19.8 Å². The second-order valence-electron chi connectivity index (χ2n) is 6.65. The zero-order valence-corrected chi connectivity index (χ0v) is 13.7. The van der Waals surface area contributed by atoms with Gasteiger partial charge in [0.05, 0.1) is 5.92 Å². The molecule has 5 heteroatoms. The van der Waals surface area contributed by atoms with Crippen molar-refractivity contribution >= 4 is 22.8 Å². The van der Waals surface area contributed by atoms with Crippen molar-refractivity contribution in [3.63, 3.8) is 0 Å². The third-order valence-corrected chi connectivity index (χ3v) is 4.81. The van der Waals surface area contributed by atoms with E-state index in [0.29, 0.717) is 12.1 Å². The second-order valence-corrected chi connectivity index (χ2v) is 6.65. The van der Waals surface area contributed by atoms with Crippen LogP contribution in [0.5, 0.6) is 0 Å². The summed E-state index contributed by atoms with van der Waals surface area (Å²) < 4.78 is 0. The number of benzene rings is 1. The molecule has 2 heterocycles.